The Balaban J connectivity index is 2.76. The van der Waals surface area contributed by atoms with Crippen molar-refractivity contribution < 1.29 is 13.5 Å². The highest BCUT2D eigenvalue weighted by molar-refractivity contribution is 5.20. The minimum Gasteiger partial charge on any atom is -0.382 e. The van der Waals surface area contributed by atoms with Crippen LogP contribution in [0.15, 0.2) is 18.2 Å². The standard InChI is InChI=1S/C14H21F2NO/c1-4-17-11(8-10(2)18-3)9-12-13(15)6-5-7-14(12)16/h5-7,10-11,17H,4,8-9H2,1-3H3. The summed E-state index contributed by atoms with van der Waals surface area (Å²) < 4.78 is 32.3. The fourth-order valence-electron chi connectivity index (χ4n) is 2.00. The normalized spacial score (nSPS) is 14.5. The molecule has 1 aromatic rings. The van der Waals surface area contributed by atoms with Gasteiger partial charge in [0.15, 0.2) is 0 Å². The molecule has 0 saturated heterocycles. The zero-order valence-corrected chi connectivity index (χ0v) is 11.2. The summed E-state index contributed by atoms with van der Waals surface area (Å²) in [6.45, 7) is 4.68. The van der Waals surface area contributed by atoms with E-state index in [4.69, 9.17) is 4.74 Å². The summed E-state index contributed by atoms with van der Waals surface area (Å²) >= 11 is 0. The Hall–Kier alpha value is -1.00. The number of methoxy groups -OCH3 is 1. The van der Waals surface area contributed by atoms with E-state index >= 15 is 0 Å². The lowest BCUT2D eigenvalue weighted by Gasteiger charge is -2.21. The summed E-state index contributed by atoms with van der Waals surface area (Å²) in [6.07, 6.45) is 1.11. The molecule has 0 aromatic heterocycles. The van der Waals surface area contributed by atoms with Gasteiger partial charge < -0.3 is 10.1 Å². The second-order valence-electron chi connectivity index (χ2n) is 4.44. The van der Waals surface area contributed by atoms with Crippen molar-refractivity contribution in [3.8, 4) is 0 Å². The van der Waals surface area contributed by atoms with Gasteiger partial charge >= 0.3 is 0 Å². The zero-order valence-electron chi connectivity index (χ0n) is 11.2. The third kappa shape index (κ3) is 4.35. The first-order valence-electron chi connectivity index (χ1n) is 6.27. The molecule has 102 valence electrons. The third-order valence-electron chi connectivity index (χ3n) is 3.02. The van der Waals surface area contributed by atoms with Crippen LogP contribution in [0.25, 0.3) is 0 Å². The molecule has 0 amide bonds. The molecule has 0 aliphatic heterocycles. The number of halogens is 2. The second kappa shape index (κ2) is 7.44. The SMILES string of the molecule is CCNC(Cc1c(F)cccc1F)CC(C)OC. The lowest BCUT2D eigenvalue weighted by molar-refractivity contribution is 0.100. The molecular weight excluding hydrogens is 236 g/mol. The van der Waals surface area contributed by atoms with Crippen molar-refractivity contribution in [1.82, 2.24) is 5.32 Å². The predicted octanol–water partition coefficient (Wildman–Crippen LogP) is 2.91. The van der Waals surface area contributed by atoms with E-state index in [9.17, 15) is 8.78 Å². The number of hydrogen-bond acceptors (Lipinski definition) is 2. The number of rotatable bonds is 7. The molecule has 0 spiro atoms. The molecule has 2 nitrogen and oxygen atoms in total. The van der Waals surface area contributed by atoms with Crippen molar-refractivity contribution in [3.05, 3.63) is 35.4 Å². The largest absolute Gasteiger partial charge is 0.382 e. The van der Waals surface area contributed by atoms with Crippen LogP contribution in [0.1, 0.15) is 25.8 Å². The maximum Gasteiger partial charge on any atom is 0.129 e. The summed E-state index contributed by atoms with van der Waals surface area (Å²) in [7, 11) is 1.64. The van der Waals surface area contributed by atoms with Crippen LogP contribution in [-0.4, -0.2) is 25.8 Å². The third-order valence-corrected chi connectivity index (χ3v) is 3.02. The number of nitrogens with one attached hydrogen (secondary N) is 1. The summed E-state index contributed by atoms with van der Waals surface area (Å²) in [5.74, 6) is -0.967. The minimum atomic E-state index is -0.483. The Morgan fingerprint density at radius 1 is 1.28 bits per heavy atom. The van der Waals surface area contributed by atoms with Crippen molar-refractivity contribution in [1.29, 1.82) is 0 Å². The van der Waals surface area contributed by atoms with Crippen LogP contribution >= 0.6 is 0 Å². The lowest BCUT2D eigenvalue weighted by atomic mass is 10.00. The molecule has 1 rings (SSSR count). The molecule has 2 unspecified atom stereocenters. The second-order valence-corrected chi connectivity index (χ2v) is 4.44. The first-order chi connectivity index (χ1) is 8.58. The van der Waals surface area contributed by atoms with E-state index in [2.05, 4.69) is 5.32 Å². The van der Waals surface area contributed by atoms with E-state index in [-0.39, 0.29) is 17.7 Å². The fourth-order valence-corrected chi connectivity index (χ4v) is 2.00. The average Bonchev–Trinajstić information content (AvgIpc) is 2.34. The molecule has 18 heavy (non-hydrogen) atoms. The van der Waals surface area contributed by atoms with E-state index in [0.717, 1.165) is 13.0 Å². The smallest absolute Gasteiger partial charge is 0.129 e. The zero-order chi connectivity index (χ0) is 13.5. The highest BCUT2D eigenvalue weighted by atomic mass is 19.1. The van der Waals surface area contributed by atoms with Gasteiger partial charge in [0.2, 0.25) is 0 Å². The van der Waals surface area contributed by atoms with Gasteiger partial charge in [-0.3, -0.25) is 0 Å². The average molecular weight is 257 g/mol. The first kappa shape index (κ1) is 15.1. The van der Waals surface area contributed by atoms with Crippen molar-refractivity contribution in [2.45, 2.75) is 38.8 Å². The Labute approximate surface area is 107 Å². The Morgan fingerprint density at radius 2 is 1.89 bits per heavy atom. The maximum absolute atomic E-state index is 13.6. The van der Waals surface area contributed by atoms with E-state index in [0.29, 0.717) is 6.42 Å². The van der Waals surface area contributed by atoms with Crippen LogP contribution in [0.2, 0.25) is 0 Å². The van der Waals surface area contributed by atoms with Gasteiger partial charge in [-0.25, -0.2) is 8.78 Å². The van der Waals surface area contributed by atoms with Crippen molar-refractivity contribution in [2.24, 2.45) is 0 Å². The molecule has 0 aliphatic rings. The van der Waals surface area contributed by atoms with Gasteiger partial charge in [-0.15, -0.1) is 0 Å². The van der Waals surface area contributed by atoms with Crippen LogP contribution in [0.3, 0.4) is 0 Å². The monoisotopic (exact) mass is 257 g/mol. The fraction of sp³-hybridized carbons (Fsp3) is 0.571. The topological polar surface area (TPSA) is 21.3 Å². The van der Waals surface area contributed by atoms with Gasteiger partial charge in [-0.05, 0) is 38.4 Å². The Bertz CT molecular complexity index is 351. The van der Waals surface area contributed by atoms with Crippen molar-refractivity contribution in [3.63, 3.8) is 0 Å². The van der Waals surface area contributed by atoms with Gasteiger partial charge in [0, 0.05) is 18.7 Å². The molecule has 2 atom stereocenters. The van der Waals surface area contributed by atoms with Crippen LogP contribution < -0.4 is 5.32 Å². The Kier molecular flexibility index (Phi) is 6.22. The molecule has 0 heterocycles. The molecule has 0 aliphatic carbocycles. The van der Waals surface area contributed by atoms with Crippen molar-refractivity contribution in [2.75, 3.05) is 13.7 Å². The van der Waals surface area contributed by atoms with E-state index in [1.54, 1.807) is 7.11 Å². The van der Waals surface area contributed by atoms with Gasteiger partial charge in [-0.2, -0.15) is 0 Å². The van der Waals surface area contributed by atoms with Crippen LogP contribution in [-0.2, 0) is 11.2 Å². The van der Waals surface area contributed by atoms with E-state index in [1.165, 1.54) is 18.2 Å². The van der Waals surface area contributed by atoms with E-state index in [1.807, 2.05) is 13.8 Å². The van der Waals surface area contributed by atoms with Crippen LogP contribution in [0.5, 0.6) is 0 Å². The summed E-state index contributed by atoms with van der Waals surface area (Å²) in [5.41, 5.74) is 0.145. The highest BCUT2D eigenvalue weighted by Crippen LogP contribution is 2.16. The Morgan fingerprint density at radius 3 is 2.39 bits per heavy atom. The molecule has 0 saturated carbocycles. The molecule has 1 aromatic carbocycles. The number of likely N-dealkylation sites (N-methyl/N-ethyl adjacent to an activating group) is 1. The summed E-state index contributed by atoms with van der Waals surface area (Å²) in [4.78, 5) is 0. The van der Waals surface area contributed by atoms with Gasteiger partial charge in [0.1, 0.15) is 11.6 Å². The molecule has 0 radical (unpaired) electrons. The lowest BCUT2D eigenvalue weighted by Crippen LogP contribution is -2.34. The van der Waals surface area contributed by atoms with Gasteiger partial charge in [0.05, 0.1) is 6.10 Å². The minimum absolute atomic E-state index is 0.0105. The van der Waals surface area contributed by atoms with Crippen LogP contribution in [0.4, 0.5) is 8.78 Å². The molecular formula is C14H21F2NO. The maximum atomic E-state index is 13.6. The number of benzene rings is 1. The quantitative estimate of drug-likeness (QED) is 0.811. The molecule has 1 N–H and O–H groups in total. The van der Waals surface area contributed by atoms with E-state index < -0.39 is 11.6 Å². The van der Waals surface area contributed by atoms with Gasteiger partial charge in [0.25, 0.3) is 0 Å². The molecule has 0 bridgehead atoms. The first-order valence-corrected chi connectivity index (χ1v) is 6.27. The predicted molar refractivity (Wildman–Crippen MR) is 68.6 cm³/mol. The summed E-state index contributed by atoms with van der Waals surface area (Å²) in [5, 5.41) is 3.24. The van der Waals surface area contributed by atoms with Crippen molar-refractivity contribution >= 4 is 0 Å². The number of hydrogen-bond donors (Lipinski definition) is 1. The highest BCUT2D eigenvalue weighted by Gasteiger charge is 2.17. The van der Waals surface area contributed by atoms with Gasteiger partial charge in [-0.1, -0.05) is 13.0 Å². The molecule has 0 fully saturated rings. The molecule has 4 heteroatoms. The van der Waals surface area contributed by atoms with Crippen LogP contribution in [0, 0.1) is 11.6 Å². The number of ether oxygens (including phenoxy) is 1. The summed E-state index contributed by atoms with van der Waals surface area (Å²) in [6, 6.07) is 3.98.